The average Bonchev–Trinajstić information content (AvgIpc) is 2.77. The maximum absolute atomic E-state index is 4.92. The van der Waals surface area contributed by atoms with Crippen molar-refractivity contribution in [1.29, 1.82) is 0 Å². The van der Waals surface area contributed by atoms with Crippen LogP contribution in [0.4, 0.5) is 0 Å². The molecule has 1 rings (SSSR count). The summed E-state index contributed by atoms with van der Waals surface area (Å²) in [5.41, 5.74) is 0.475. The molecule has 1 aliphatic rings. The zero-order valence-electron chi connectivity index (χ0n) is 8.15. The topological polar surface area (TPSA) is 33.3 Å². The normalized spacial score (nSPS) is 19.5. The smallest absolute Gasteiger partial charge is 0.0587 e. The first kappa shape index (κ1) is 9.96. The maximum atomic E-state index is 4.92. The number of ether oxygens (including phenoxy) is 1. The van der Waals surface area contributed by atoms with Crippen molar-refractivity contribution < 1.29 is 4.74 Å². The monoisotopic (exact) mass is 172 g/mol. The Morgan fingerprint density at radius 1 is 1.25 bits per heavy atom. The Morgan fingerprint density at radius 2 is 2.00 bits per heavy atom. The molecule has 12 heavy (non-hydrogen) atoms. The predicted octanol–water partition coefficient (Wildman–Crippen LogP) is 0.364. The summed E-state index contributed by atoms with van der Waals surface area (Å²) in [5.74, 6) is 0. The minimum atomic E-state index is 0.475. The van der Waals surface area contributed by atoms with Gasteiger partial charge in [-0.1, -0.05) is 0 Å². The Balaban J connectivity index is 1.77. The molecule has 1 aliphatic carbocycles. The van der Waals surface area contributed by atoms with Crippen molar-refractivity contribution in [3.63, 3.8) is 0 Å². The molecule has 0 aromatic rings. The molecule has 72 valence electrons. The van der Waals surface area contributed by atoms with Crippen LogP contribution >= 0.6 is 0 Å². The molecule has 0 aromatic carbocycles. The Hall–Kier alpha value is -0.120. The Morgan fingerprint density at radius 3 is 2.58 bits per heavy atom. The van der Waals surface area contributed by atoms with Crippen LogP contribution in [-0.2, 0) is 4.74 Å². The molecule has 0 aromatic heterocycles. The maximum Gasteiger partial charge on any atom is 0.0587 e. The summed E-state index contributed by atoms with van der Waals surface area (Å²) in [6, 6.07) is 0. The van der Waals surface area contributed by atoms with Crippen LogP contribution in [0.2, 0.25) is 0 Å². The van der Waals surface area contributed by atoms with Crippen LogP contribution in [0.25, 0.3) is 0 Å². The van der Waals surface area contributed by atoms with Gasteiger partial charge in [0, 0.05) is 32.3 Å². The van der Waals surface area contributed by atoms with E-state index in [0.29, 0.717) is 5.54 Å². The predicted molar refractivity (Wildman–Crippen MR) is 50.4 cm³/mol. The van der Waals surface area contributed by atoms with Crippen LogP contribution in [0.1, 0.15) is 19.8 Å². The van der Waals surface area contributed by atoms with E-state index in [4.69, 9.17) is 4.74 Å². The highest BCUT2D eigenvalue weighted by Crippen LogP contribution is 2.33. The van der Waals surface area contributed by atoms with E-state index < -0.39 is 0 Å². The van der Waals surface area contributed by atoms with Gasteiger partial charge < -0.3 is 15.4 Å². The fourth-order valence-electron chi connectivity index (χ4n) is 1.12. The summed E-state index contributed by atoms with van der Waals surface area (Å²) in [6.45, 7) is 6.15. The third kappa shape index (κ3) is 4.04. The first-order valence-electron chi connectivity index (χ1n) is 4.71. The van der Waals surface area contributed by atoms with Gasteiger partial charge in [0.05, 0.1) is 6.61 Å². The summed E-state index contributed by atoms with van der Waals surface area (Å²) in [7, 11) is 1.73. The van der Waals surface area contributed by atoms with Crippen molar-refractivity contribution in [3.05, 3.63) is 0 Å². The van der Waals surface area contributed by atoms with Crippen LogP contribution in [0.15, 0.2) is 0 Å². The minimum Gasteiger partial charge on any atom is -0.383 e. The molecule has 0 aliphatic heterocycles. The summed E-state index contributed by atoms with van der Waals surface area (Å²) in [5, 5.41) is 6.81. The quantitative estimate of drug-likeness (QED) is 0.544. The van der Waals surface area contributed by atoms with Crippen molar-refractivity contribution in [2.24, 2.45) is 0 Å². The summed E-state index contributed by atoms with van der Waals surface area (Å²) in [4.78, 5) is 0. The number of methoxy groups -OCH3 is 1. The Bertz CT molecular complexity index is 124. The van der Waals surface area contributed by atoms with Gasteiger partial charge in [0.25, 0.3) is 0 Å². The Kier molecular flexibility index (Phi) is 3.98. The first-order valence-corrected chi connectivity index (χ1v) is 4.71. The highest BCUT2D eigenvalue weighted by molar-refractivity contribution is 4.97. The van der Waals surface area contributed by atoms with E-state index in [1.807, 2.05) is 0 Å². The first-order chi connectivity index (χ1) is 5.77. The Labute approximate surface area is 74.9 Å². The van der Waals surface area contributed by atoms with Crippen LogP contribution < -0.4 is 10.6 Å². The summed E-state index contributed by atoms with van der Waals surface area (Å²) < 4.78 is 4.92. The van der Waals surface area contributed by atoms with E-state index >= 15 is 0 Å². The van der Waals surface area contributed by atoms with Crippen molar-refractivity contribution in [2.75, 3.05) is 33.4 Å². The second-order valence-corrected chi connectivity index (χ2v) is 3.73. The van der Waals surface area contributed by atoms with E-state index in [1.165, 1.54) is 12.8 Å². The van der Waals surface area contributed by atoms with Crippen LogP contribution in [-0.4, -0.2) is 38.9 Å². The molecule has 3 nitrogen and oxygen atoms in total. The fourth-order valence-corrected chi connectivity index (χ4v) is 1.12. The largest absolute Gasteiger partial charge is 0.383 e. The van der Waals surface area contributed by atoms with Gasteiger partial charge >= 0.3 is 0 Å². The van der Waals surface area contributed by atoms with Crippen molar-refractivity contribution in [2.45, 2.75) is 25.3 Å². The molecule has 0 bridgehead atoms. The molecule has 0 atom stereocenters. The molecule has 1 fully saturated rings. The molecule has 0 radical (unpaired) electrons. The lowest BCUT2D eigenvalue weighted by atomic mass is 10.3. The average molecular weight is 172 g/mol. The lowest BCUT2D eigenvalue weighted by Crippen LogP contribution is -2.35. The van der Waals surface area contributed by atoms with E-state index in [1.54, 1.807) is 7.11 Å². The molecule has 0 spiro atoms. The van der Waals surface area contributed by atoms with Gasteiger partial charge in [-0.05, 0) is 19.8 Å². The van der Waals surface area contributed by atoms with Gasteiger partial charge in [-0.15, -0.1) is 0 Å². The molecule has 2 N–H and O–H groups in total. The molecule has 0 heterocycles. The molecule has 0 amide bonds. The zero-order valence-corrected chi connectivity index (χ0v) is 8.15. The van der Waals surface area contributed by atoms with Crippen molar-refractivity contribution in [1.82, 2.24) is 10.6 Å². The molecule has 0 unspecified atom stereocenters. The highest BCUT2D eigenvalue weighted by atomic mass is 16.5. The van der Waals surface area contributed by atoms with E-state index in [0.717, 1.165) is 26.2 Å². The fraction of sp³-hybridized carbons (Fsp3) is 1.00. The standard InChI is InChI=1S/C9H20N2O/c1-9(3-4-9)11-6-5-10-7-8-12-2/h10-11H,3-8H2,1-2H3. The third-order valence-corrected chi connectivity index (χ3v) is 2.34. The summed E-state index contributed by atoms with van der Waals surface area (Å²) in [6.07, 6.45) is 2.68. The van der Waals surface area contributed by atoms with E-state index in [-0.39, 0.29) is 0 Å². The lowest BCUT2D eigenvalue weighted by Gasteiger charge is -2.11. The second-order valence-electron chi connectivity index (χ2n) is 3.73. The van der Waals surface area contributed by atoms with Crippen molar-refractivity contribution in [3.8, 4) is 0 Å². The van der Waals surface area contributed by atoms with Gasteiger partial charge in [0.1, 0.15) is 0 Å². The van der Waals surface area contributed by atoms with Crippen molar-refractivity contribution >= 4 is 0 Å². The van der Waals surface area contributed by atoms with E-state index in [2.05, 4.69) is 17.6 Å². The number of rotatable bonds is 7. The molecule has 0 saturated heterocycles. The van der Waals surface area contributed by atoms with Gasteiger partial charge in [-0.3, -0.25) is 0 Å². The minimum absolute atomic E-state index is 0.475. The highest BCUT2D eigenvalue weighted by Gasteiger charge is 2.35. The van der Waals surface area contributed by atoms with Gasteiger partial charge in [0.15, 0.2) is 0 Å². The van der Waals surface area contributed by atoms with Gasteiger partial charge in [-0.25, -0.2) is 0 Å². The molecular formula is C9H20N2O. The SMILES string of the molecule is COCCNCCNC1(C)CC1. The molecule has 3 heteroatoms. The number of hydrogen-bond donors (Lipinski definition) is 2. The lowest BCUT2D eigenvalue weighted by molar-refractivity contribution is 0.199. The molecule has 1 saturated carbocycles. The van der Waals surface area contributed by atoms with E-state index in [9.17, 15) is 0 Å². The van der Waals surface area contributed by atoms with Crippen LogP contribution in [0.3, 0.4) is 0 Å². The summed E-state index contributed by atoms with van der Waals surface area (Å²) >= 11 is 0. The molecular weight excluding hydrogens is 152 g/mol. The van der Waals surface area contributed by atoms with Gasteiger partial charge in [0.2, 0.25) is 0 Å². The number of nitrogens with one attached hydrogen (secondary N) is 2. The van der Waals surface area contributed by atoms with Crippen LogP contribution in [0.5, 0.6) is 0 Å². The second kappa shape index (κ2) is 4.80. The van der Waals surface area contributed by atoms with Gasteiger partial charge in [-0.2, -0.15) is 0 Å². The number of hydrogen-bond acceptors (Lipinski definition) is 3. The van der Waals surface area contributed by atoms with Crippen LogP contribution in [0, 0.1) is 0 Å². The zero-order chi connectivity index (χ0) is 8.86. The third-order valence-electron chi connectivity index (χ3n) is 2.34.